The topological polar surface area (TPSA) is 114 Å². The van der Waals surface area contributed by atoms with Gasteiger partial charge >= 0.3 is 0 Å². The van der Waals surface area contributed by atoms with E-state index in [1.165, 1.54) is 12.1 Å². The fourth-order valence-corrected chi connectivity index (χ4v) is 1.55. The third kappa shape index (κ3) is 2.34. The van der Waals surface area contributed by atoms with Gasteiger partial charge in [-0.05, 0) is 16.4 Å². The number of rotatable bonds is 5. The molecule has 0 aliphatic heterocycles. The van der Waals surface area contributed by atoms with Crippen molar-refractivity contribution < 1.29 is 14.7 Å². The fraction of sp³-hybridized carbons (Fsp3) is 0.333. The molecule has 0 aliphatic carbocycles. The average molecular weight is 273 g/mol. The molecule has 1 unspecified atom stereocenters. The molecule has 0 saturated carbocycles. The molecule has 18 heavy (non-hydrogen) atoms. The van der Waals surface area contributed by atoms with E-state index in [1.807, 2.05) is 0 Å². The first-order valence-corrected chi connectivity index (χ1v) is 5.54. The number of nitrogens with one attached hydrogen (secondary N) is 1. The summed E-state index contributed by atoms with van der Waals surface area (Å²) in [5.74, 6) is 0.0217. The third-order valence-electron chi connectivity index (χ3n) is 2.30. The van der Waals surface area contributed by atoms with Crippen LogP contribution in [0.5, 0.6) is 0 Å². The number of nitrogens with zero attached hydrogens (tertiary/aromatic N) is 3. The van der Waals surface area contributed by atoms with Crippen molar-refractivity contribution in [3.8, 4) is 0 Å². The van der Waals surface area contributed by atoms with Gasteiger partial charge in [-0.3, -0.25) is 10.1 Å². The first-order valence-electron chi connectivity index (χ1n) is 5.01. The first kappa shape index (κ1) is 12.5. The van der Waals surface area contributed by atoms with Gasteiger partial charge in [-0.2, -0.15) is 0 Å². The molecule has 0 saturated heterocycles. The lowest BCUT2D eigenvalue weighted by Crippen LogP contribution is -2.21. The summed E-state index contributed by atoms with van der Waals surface area (Å²) >= 11 is 5.45. The van der Waals surface area contributed by atoms with Crippen LogP contribution in [-0.2, 0) is 0 Å². The van der Waals surface area contributed by atoms with Crippen molar-refractivity contribution in [1.29, 1.82) is 0 Å². The van der Waals surface area contributed by atoms with E-state index in [2.05, 4.69) is 20.3 Å². The van der Waals surface area contributed by atoms with Crippen LogP contribution >= 0.6 is 11.6 Å². The molecule has 0 spiro atoms. The third-order valence-corrected chi connectivity index (χ3v) is 2.65. The molecule has 0 radical (unpaired) electrons. The molecule has 96 valence electrons. The second kappa shape index (κ2) is 5.15. The number of fused-ring (bicyclic) bond motifs is 1. The van der Waals surface area contributed by atoms with E-state index < -0.39 is 11.0 Å². The van der Waals surface area contributed by atoms with Crippen molar-refractivity contribution in [1.82, 2.24) is 10.3 Å². The Labute approximate surface area is 106 Å². The highest BCUT2D eigenvalue weighted by Gasteiger charge is 2.20. The Morgan fingerprint density at radius 1 is 1.56 bits per heavy atom. The Morgan fingerprint density at radius 3 is 3.00 bits per heavy atom. The van der Waals surface area contributed by atoms with Crippen LogP contribution in [0.4, 0.5) is 11.4 Å². The number of aliphatic hydroxyl groups is 1. The van der Waals surface area contributed by atoms with E-state index in [-0.39, 0.29) is 29.3 Å². The maximum absolute atomic E-state index is 10.9. The van der Waals surface area contributed by atoms with Gasteiger partial charge in [0.1, 0.15) is 11.2 Å². The lowest BCUT2D eigenvalue weighted by atomic mass is 10.2. The molecule has 0 fully saturated rings. The number of aliphatic hydroxyl groups excluding tert-OH is 1. The fourth-order valence-electron chi connectivity index (χ4n) is 1.44. The van der Waals surface area contributed by atoms with Crippen LogP contribution in [0.25, 0.3) is 11.0 Å². The van der Waals surface area contributed by atoms with Crippen LogP contribution in [0.2, 0.25) is 0 Å². The summed E-state index contributed by atoms with van der Waals surface area (Å²) in [6.45, 7) is 0.0658. The normalized spacial score (nSPS) is 12.6. The molecule has 1 aromatic heterocycles. The van der Waals surface area contributed by atoms with Gasteiger partial charge in [-0.15, -0.1) is 11.6 Å². The van der Waals surface area contributed by atoms with E-state index in [1.54, 1.807) is 0 Å². The van der Waals surface area contributed by atoms with Crippen LogP contribution in [0.1, 0.15) is 0 Å². The molecule has 2 aromatic rings. The predicted octanol–water partition coefficient (Wildman–Crippen LogP) is 1.14. The van der Waals surface area contributed by atoms with E-state index >= 15 is 0 Å². The monoisotopic (exact) mass is 272 g/mol. The number of anilines is 1. The van der Waals surface area contributed by atoms with Crippen LogP contribution in [-0.4, -0.2) is 38.9 Å². The molecule has 0 amide bonds. The standard InChI is InChI=1S/C9H9ClN4O4/c10-3-5(15)4-11-9-7(14(16)17)2-1-6-8(9)13-18-12-6/h1-2,5,11,15H,3-4H2. The Hall–Kier alpha value is -1.93. The van der Waals surface area contributed by atoms with Crippen LogP contribution in [0, 0.1) is 10.1 Å². The van der Waals surface area contributed by atoms with Crippen molar-refractivity contribution >= 4 is 34.0 Å². The highest BCUT2D eigenvalue weighted by atomic mass is 35.5. The van der Waals surface area contributed by atoms with Crippen molar-refractivity contribution in [2.75, 3.05) is 17.7 Å². The summed E-state index contributed by atoms with van der Waals surface area (Å²) in [4.78, 5) is 10.3. The number of aromatic nitrogens is 2. The molecular formula is C9H9ClN4O4. The smallest absolute Gasteiger partial charge is 0.294 e. The van der Waals surface area contributed by atoms with Gasteiger partial charge < -0.3 is 10.4 Å². The lowest BCUT2D eigenvalue weighted by molar-refractivity contribution is -0.383. The highest BCUT2D eigenvalue weighted by Crippen LogP contribution is 2.30. The average Bonchev–Trinajstić information content (AvgIpc) is 2.83. The van der Waals surface area contributed by atoms with Gasteiger partial charge in [0.15, 0.2) is 5.52 Å². The van der Waals surface area contributed by atoms with E-state index in [4.69, 9.17) is 11.6 Å². The minimum Gasteiger partial charge on any atom is -0.390 e. The van der Waals surface area contributed by atoms with Crippen molar-refractivity contribution in [2.24, 2.45) is 0 Å². The molecule has 2 rings (SSSR count). The first-order chi connectivity index (χ1) is 8.63. The Bertz CT molecular complexity index is 573. The van der Waals surface area contributed by atoms with Gasteiger partial charge in [0.25, 0.3) is 5.69 Å². The molecular weight excluding hydrogens is 264 g/mol. The molecule has 2 N–H and O–H groups in total. The Morgan fingerprint density at radius 2 is 2.33 bits per heavy atom. The molecule has 1 aromatic carbocycles. The zero-order valence-corrected chi connectivity index (χ0v) is 9.79. The zero-order valence-electron chi connectivity index (χ0n) is 9.04. The van der Waals surface area contributed by atoms with E-state index in [0.29, 0.717) is 5.52 Å². The summed E-state index contributed by atoms with van der Waals surface area (Å²) in [7, 11) is 0. The van der Waals surface area contributed by atoms with Crippen LogP contribution in [0.3, 0.4) is 0 Å². The molecule has 1 heterocycles. The second-order valence-electron chi connectivity index (χ2n) is 3.54. The number of benzene rings is 1. The minimum atomic E-state index is -0.818. The second-order valence-corrected chi connectivity index (χ2v) is 3.85. The van der Waals surface area contributed by atoms with E-state index in [9.17, 15) is 15.2 Å². The summed E-state index contributed by atoms with van der Waals surface area (Å²) < 4.78 is 4.52. The Kier molecular flexibility index (Phi) is 3.58. The molecule has 0 aliphatic rings. The number of nitro groups is 1. The van der Waals surface area contributed by atoms with Crippen LogP contribution < -0.4 is 5.32 Å². The predicted molar refractivity (Wildman–Crippen MR) is 63.7 cm³/mol. The van der Waals surface area contributed by atoms with Gasteiger partial charge in [-0.25, -0.2) is 4.63 Å². The number of hydrogen-bond acceptors (Lipinski definition) is 7. The van der Waals surface area contributed by atoms with E-state index in [0.717, 1.165) is 0 Å². The Balaban J connectivity index is 2.40. The summed E-state index contributed by atoms with van der Waals surface area (Å²) in [6, 6.07) is 2.73. The van der Waals surface area contributed by atoms with Crippen molar-refractivity contribution in [3.05, 3.63) is 22.2 Å². The SMILES string of the molecule is O=[N+]([O-])c1ccc2nonc2c1NCC(O)CCl. The van der Waals surface area contributed by atoms with Crippen molar-refractivity contribution in [3.63, 3.8) is 0 Å². The zero-order chi connectivity index (χ0) is 13.1. The number of halogens is 1. The van der Waals surface area contributed by atoms with Crippen molar-refractivity contribution in [2.45, 2.75) is 6.10 Å². The number of hydrogen-bond donors (Lipinski definition) is 2. The molecule has 0 bridgehead atoms. The molecule has 1 atom stereocenters. The highest BCUT2D eigenvalue weighted by molar-refractivity contribution is 6.18. The summed E-state index contributed by atoms with van der Waals surface area (Å²) in [6.07, 6.45) is -0.818. The quantitative estimate of drug-likeness (QED) is 0.476. The van der Waals surface area contributed by atoms with Gasteiger partial charge in [0.05, 0.1) is 16.9 Å². The van der Waals surface area contributed by atoms with Crippen LogP contribution in [0.15, 0.2) is 16.8 Å². The maximum atomic E-state index is 10.9. The number of nitro benzene ring substituents is 1. The minimum absolute atomic E-state index is 0.0217. The van der Waals surface area contributed by atoms with Gasteiger partial charge in [0.2, 0.25) is 0 Å². The summed E-state index contributed by atoms with van der Waals surface area (Å²) in [5.41, 5.74) is 0.623. The van der Waals surface area contributed by atoms with Gasteiger partial charge in [0, 0.05) is 12.6 Å². The number of alkyl halides is 1. The largest absolute Gasteiger partial charge is 0.390 e. The molecule has 8 nitrogen and oxygen atoms in total. The molecule has 9 heteroatoms. The van der Waals surface area contributed by atoms with Gasteiger partial charge in [-0.1, -0.05) is 0 Å². The lowest BCUT2D eigenvalue weighted by Gasteiger charge is -2.09. The maximum Gasteiger partial charge on any atom is 0.294 e. The summed E-state index contributed by atoms with van der Waals surface area (Å²) in [5, 5.41) is 30.2.